The minimum atomic E-state index is -0.0242. The van der Waals surface area contributed by atoms with Gasteiger partial charge in [0.2, 0.25) is 6.41 Å². The van der Waals surface area contributed by atoms with Crippen LogP contribution in [0.5, 0.6) is 0 Å². The maximum atomic E-state index is 13.2. The van der Waals surface area contributed by atoms with E-state index in [1.807, 2.05) is 41.3 Å². The molecule has 0 bridgehead atoms. The van der Waals surface area contributed by atoms with Crippen LogP contribution in [0.25, 0.3) is 11.4 Å². The van der Waals surface area contributed by atoms with E-state index in [1.165, 1.54) is 0 Å². The molecule has 152 valence electrons. The highest BCUT2D eigenvalue weighted by atomic mass is 16.2. The Hall–Kier alpha value is -2.96. The predicted octanol–water partition coefficient (Wildman–Crippen LogP) is 2.29. The molecule has 3 heterocycles. The summed E-state index contributed by atoms with van der Waals surface area (Å²) in [5.74, 6) is 1.80. The summed E-state index contributed by atoms with van der Waals surface area (Å²) in [6.45, 7) is 6.43. The van der Waals surface area contributed by atoms with Crippen molar-refractivity contribution >= 4 is 18.1 Å². The van der Waals surface area contributed by atoms with Gasteiger partial charge in [-0.05, 0) is 18.8 Å². The second kappa shape index (κ2) is 8.59. The topological polar surface area (TPSA) is 69.6 Å². The lowest BCUT2D eigenvalue weighted by Gasteiger charge is -2.34. The Balaban J connectivity index is 1.67. The molecule has 1 atom stereocenters. The predicted molar refractivity (Wildman–Crippen MR) is 112 cm³/mol. The van der Waals surface area contributed by atoms with Crippen LogP contribution in [0.1, 0.15) is 30.3 Å². The van der Waals surface area contributed by atoms with E-state index in [2.05, 4.69) is 16.8 Å². The largest absolute Gasteiger partial charge is 0.353 e. The third kappa shape index (κ3) is 4.39. The maximum Gasteiger partial charge on any atom is 0.272 e. The van der Waals surface area contributed by atoms with Gasteiger partial charge < -0.3 is 14.7 Å². The van der Waals surface area contributed by atoms with Crippen LogP contribution in [0.2, 0.25) is 0 Å². The Kier molecular flexibility index (Phi) is 5.74. The van der Waals surface area contributed by atoms with E-state index in [1.54, 1.807) is 4.90 Å². The van der Waals surface area contributed by atoms with Crippen molar-refractivity contribution in [3.05, 3.63) is 42.1 Å². The quantitative estimate of drug-likeness (QED) is 0.746. The zero-order chi connectivity index (χ0) is 20.2. The third-order valence-electron chi connectivity index (χ3n) is 5.70. The highest BCUT2D eigenvalue weighted by molar-refractivity contribution is 5.93. The molecule has 1 aromatic carbocycles. The number of likely N-dealkylation sites (tertiary alicyclic amines) is 1. The van der Waals surface area contributed by atoms with Crippen LogP contribution in [0.15, 0.2) is 36.4 Å². The molecule has 0 radical (unpaired) electrons. The number of hydrogen-bond donors (Lipinski definition) is 0. The van der Waals surface area contributed by atoms with Gasteiger partial charge in [-0.1, -0.05) is 37.3 Å². The van der Waals surface area contributed by atoms with E-state index in [0.29, 0.717) is 43.6 Å². The molecule has 2 aliphatic heterocycles. The summed E-state index contributed by atoms with van der Waals surface area (Å²) in [5, 5.41) is 0. The van der Waals surface area contributed by atoms with E-state index in [-0.39, 0.29) is 5.91 Å². The normalized spacial score (nSPS) is 19.9. The van der Waals surface area contributed by atoms with Crippen LogP contribution in [-0.2, 0) is 4.79 Å². The summed E-state index contributed by atoms with van der Waals surface area (Å²) < 4.78 is 0. The number of hydrogen-bond acceptors (Lipinski definition) is 5. The van der Waals surface area contributed by atoms with Crippen LogP contribution in [0.3, 0.4) is 0 Å². The molecule has 2 amide bonds. The number of benzene rings is 1. The van der Waals surface area contributed by atoms with E-state index in [4.69, 9.17) is 4.98 Å². The van der Waals surface area contributed by atoms with Gasteiger partial charge in [-0.3, -0.25) is 9.59 Å². The van der Waals surface area contributed by atoms with E-state index in [0.717, 1.165) is 43.7 Å². The Morgan fingerprint density at radius 1 is 1.07 bits per heavy atom. The van der Waals surface area contributed by atoms with Gasteiger partial charge in [0.1, 0.15) is 11.5 Å². The minimum Gasteiger partial charge on any atom is -0.353 e. The fraction of sp³-hybridized carbons (Fsp3) is 0.455. The molecule has 4 rings (SSSR count). The average Bonchev–Trinajstić information content (AvgIpc) is 2.79. The summed E-state index contributed by atoms with van der Waals surface area (Å²) >= 11 is 0. The molecule has 7 nitrogen and oxygen atoms in total. The number of carbonyl (C=O) groups excluding carboxylic acids is 2. The number of rotatable bonds is 4. The summed E-state index contributed by atoms with van der Waals surface area (Å²) in [6.07, 6.45) is 3.08. The van der Waals surface area contributed by atoms with Crippen LogP contribution >= 0.6 is 0 Å². The third-order valence-corrected chi connectivity index (χ3v) is 5.70. The smallest absolute Gasteiger partial charge is 0.272 e. The van der Waals surface area contributed by atoms with Crippen molar-refractivity contribution in [3.63, 3.8) is 0 Å². The lowest BCUT2D eigenvalue weighted by atomic mass is 10.00. The fourth-order valence-corrected chi connectivity index (χ4v) is 4.01. The molecule has 2 aliphatic rings. The van der Waals surface area contributed by atoms with Crippen molar-refractivity contribution in [2.45, 2.75) is 19.8 Å². The van der Waals surface area contributed by atoms with Gasteiger partial charge in [0.15, 0.2) is 5.82 Å². The molecule has 2 aromatic rings. The van der Waals surface area contributed by atoms with Crippen molar-refractivity contribution in [1.29, 1.82) is 0 Å². The van der Waals surface area contributed by atoms with Crippen LogP contribution in [-0.4, -0.2) is 71.4 Å². The molecule has 0 aliphatic carbocycles. The van der Waals surface area contributed by atoms with Crippen molar-refractivity contribution in [3.8, 4) is 11.4 Å². The lowest BCUT2D eigenvalue weighted by molar-refractivity contribution is -0.118. The van der Waals surface area contributed by atoms with Crippen LogP contribution in [0, 0.1) is 5.92 Å². The van der Waals surface area contributed by atoms with Crippen LogP contribution in [0.4, 0.5) is 5.82 Å². The molecular weight excluding hydrogens is 366 g/mol. The summed E-state index contributed by atoms with van der Waals surface area (Å²) in [4.78, 5) is 39.4. The number of piperidine rings is 1. The average molecular weight is 393 g/mol. The highest BCUT2D eigenvalue weighted by Gasteiger charge is 2.25. The molecule has 0 N–H and O–H groups in total. The van der Waals surface area contributed by atoms with E-state index in [9.17, 15) is 9.59 Å². The Morgan fingerprint density at radius 2 is 1.83 bits per heavy atom. The van der Waals surface area contributed by atoms with Gasteiger partial charge in [0, 0.05) is 50.9 Å². The monoisotopic (exact) mass is 393 g/mol. The molecule has 0 saturated carbocycles. The molecular formula is C22H27N5O2. The maximum absolute atomic E-state index is 13.2. The standard InChI is InChI=1S/C22H27N5O2/c1-17-6-5-9-27(15-17)22(29)19-14-20(26-12-10-25(16-28)11-13-26)24-21(23-19)18-7-3-2-4-8-18/h2-4,7-8,14,16-17H,5-6,9-13,15H2,1H3. The minimum absolute atomic E-state index is 0.0242. The fourth-order valence-electron chi connectivity index (χ4n) is 4.01. The highest BCUT2D eigenvalue weighted by Crippen LogP contribution is 2.23. The van der Waals surface area contributed by atoms with Gasteiger partial charge in [-0.15, -0.1) is 0 Å². The number of amides is 2. The van der Waals surface area contributed by atoms with Gasteiger partial charge in [0.25, 0.3) is 5.91 Å². The van der Waals surface area contributed by atoms with Crippen molar-refractivity contribution < 1.29 is 9.59 Å². The summed E-state index contributed by atoms with van der Waals surface area (Å²) in [7, 11) is 0. The zero-order valence-electron chi connectivity index (χ0n) is 16.8. The molecule has 0 spiro atoms. The Bertz CT molecular complexity index is 865. The summed E-state index contributed by atoms with van der Waals surface area (Å²) in [6, 6.07) is 11.6. The van der Waals surface area contributed by atoms with E-state index < -0.39 is 0 Å². The molecule has 7 heteroatoms. The molecule has 2 saturated heterocycles. The van der Waals surface area contributed by atoms with Gasteiger partial charge in [-0.2, -0.15) is 0 Å². The first-order valence-corrected chi connectivity index (χ1v) is 10.3. The first kappa shape index (κ1) is 19.4. The number of aromatic nitrogens is 2. The van der Waals surface area contributed by atoms with Gasteiger partial charge in [-0.25, -0.2) is 9.97 Å². The molecule has 1 unspecified atom stereocenters. The lowest BCUT2D eigenvalue weighted by Crippen LogP contribution is -2.46. The second-order valence-electron chi connectivity index (χ2n) is 7.93. The van der Waals surface area contributed by atoms with Crippen molar-refractivity contribution in [2.75, 3.05) is 44.2 Å². The number of carbonyl (C=O) groups is 2. The second-order valence-corrected chi connectivity index (χ2v) is 7.93. The Morgan fingerprint density at radius 3 is 2.52 bits per heavy atom. The number of piperazine rings is 1. The van der Waals surface area contributed by atoms with Crippen molar-refractivity contribution in [1.82, 2.24) is 19.8 Å². The Labute approximate surface area is 171 Å². The molecule has 29 heavy (non-hydrogen) atoms. The van der Waals surface area contributed by atoms with Gasteiger partial charge >= 0.3 is 0 Å². The zero-order valence-corrected chi connectivity index (χ0v) is 16.8. The molecule has 1 aromatic heterocycles. The first-order valence-electron chi connectivity index (χ1n) is 10.3. The van der Waals surface area contributed by atoms with E-state index >= 15 is 0 Å². The van der Waals surface area contributed by atoms with Crippen LogP contribution < -0.4 is 4.90 Å². The number of nitrogens with zero attached hydrogens (tertiary/aromatic N) is 5. The first-order chi connectivity index (χ1) is 14.1. The number of anilines is 1. The van der Waals surface area contributed by atoms with Crippen molar-refractivity contribution in [2.24, 2.45) is 5.92 Å². The molecule has 2 fully saturated rings. The summed E-state index contributed by atoms with van der Waals surface area (Å²) in [5.41, 5.74) is 1.34. The van der Waals surface area contributed by atoms with Gasteiger partial charge in [0.05, 0.1) is 0 Å². The SMILES string of the molecule is CC1CCCN(C(=O)c2cc(N3CCN(C=O)CC3)nc(-c3ccccc3)n2)C1.